The second kappa shape index (κ2) is 11.6. The average molecular weight is 466 g/mol. The molecule has 2 fully saturated rings. The normalized spacial score (nSPS) is 16.4. The summed E-state index contributed by atoms with van der Waals surface area (Å²) >= 11 is 0. The summed E-state index contributed by atoms with van der Waals surface area (Å²) in [6.07, 6.45) is 18.3. The Labute approximate surface area is 188 Å². The fraction of sp³-hybridized carbons (Fsp3) is 0.0500. The molecule has 0 bridgehead atoms. The molecule has 1 aromatic carbocycles. The number of hydrogen-bond donors (Lipinski definition) is 1. The van der Waals surface area contributed by atoms with Gasteiger partial charge in [0.1, 0.15) is 12.3 Å². The number of sulfonamides is 1. The molecular formula is C20H18FeN4O4S+2. The molecular weight excluding hydrogens is 448 g/mol. The summed E-state index contributed by atoms with van der Waals surface area (Å²) in [6.45, 7) is -0.0428. The van der Waals surface area contributed by atoms with Crippen LogP contribution in [0.5, 0.6) is 0 Å². The molecule has 0 spiro atoms. The first-order valence-corrected chi connectivity index (χ1v) is 10.1. The molecule has 1 heterocycles. The maximum atomic E-state index is 11.8. The minimum Gasteiger partial charge on any atom is -0.459 e. The van der Waals surface area contributed by atoms with Crippen LogP contribution in [0.15, 0.2) is 35.4 Å². The number of hydrogen-bond acceptors (Lipinski definition) is 6. The van der Waals surface area contributed by atoms with Gasteiger partial charge in [0.05, 0.1) is 22.7 Å². The van der Waals surface area contributed by atoms with E-state index in [0.29, 0.717) is 17.3 Å². The molecule has 4 rings (SSSR count). The number of benzene rings is 1. The Morgan fingerprint density at radius 1 is 1.03 bits per heavy atom. The zero-order valence-corrected chi connectivity index (χ0v) is 17.5. The van der Waals surface area contributed by atoms with E-state index >= 15 is 0 Å². The van der Waals surface area contributed by atoms with Gasteiger partial charge < -0.3 is 4.74 Å². The summed E-state index contributed by atoms with van der Waals surface area (Å²) in [5, 5.41) is 12.9. The molecule has 0 amide bonds. The SMILES string of the molecule is NS(=O)(=O)c1cccc(-n2cc(COC(=O)[C]3[CH][CH][CH][CH]3)nn2)c1.[CH]1[CH][CH][CH][CH]1.[Fe+2]. The Morgan fingerprint density at radius 2 is 1.67 bits per heavy atom. The Hall–Kier alpha value is -1.74. The van der Waals surface area contributed by atoms with E-state index < -0.39 is 16.0 Å². The van der Waals surface area contributed by atoms with Crippen LogP contribution in [0.25, 0.3) is 5.69 Å². The second-order valence-corrected chi connectivity index (χ2v) is 7.47. The number of esters is 1. The molecule has 2 N–H and O–H groups in total. The predicted octanol–water partition coefficient (Wildman–Crippen LogP) is 1.38. The number of rotatable bonds is 5. The molecule has 2 aliphatic rings. The van der Waals surface area contributed by atoms with Crippen molar-refractivity contribution in [2.75, 3.05) is 0 Å². The van der Waals surface area contributed by atoms with Gasteiger partial charge in [0.25, 0.3) is 0 Å². The third-order valence-corrected chi connectivity index (χ3v) is 4.67. The van der Waals surface area contributed by atoms with Crippen LogP contribution < -0.4 is 5.14 Å². The van der Waals surface area contributed by atoms with E-state index in [1.807, 2.05) is 32.1 Å². The van der Waals surface area contributed by atoms with Crippen LogP contribution in [0.3, 0.4) is 0 Å². The summed E-state index contributed by atoms with van der Waals surface area (Å²) < 4.78 is 29.3. The molecule has 2 saturated carbocycles. The van der Waals surface area contributed by atoms with Gasteiger partial charge in [0.15, 0.2) is 0 Å². The van der Waals surface area contributed by atoms with Crippen LogP contribution in [-0.2, 0) is 43.2 Å². The van der Waals surface area contributed by atoms with Crippen molar-refractivity contribution in [3.8, 4) is 5.69 Å². The van der Waals surface area contributed by atoms with Gasteiger partial charge in [-0.1, -0.05) is 11.3 Å². The topological polar surface area (TPSA) is 117 Å². The Morgan fingerprint density at radius 3 is 2.27 bits per heavy atom. The van der Waals surface area contributed by atoms with E-state index in [1.54, 1.807) is 44.0 Å². The van der Waals surface area contributed by atoms with Crippen LogP contribution in [0.2, 0.25) is 0 Å². The average Bonchev–Trinajstić information content (AvgIpc) is 3.49. The van der Waals surface area contributed by atoms with Crippen LogP contribution >= 0.6 is 0 Å². The van der Waals surface area contributed by atoms with E-state index in [4.69, 9.17) is 9.88 Å². The van der Waals surface area contributed by atoms with E-state index in [-0.39, 0.29) is 28.6 Å². The molecule has 0 unspecified atom stereocenters. The van der Waals surface area contributed by atoms with Crippen molar-refractivity contribution in [1.82, 2.24) is 15.0 Å². The third kappa shape index (κ3) is 7.19. The van der Waals surface area contributed by atoms with Gasteiger partial charge in [-0.05, 0) is 76.0 Å². The number of ether oxygens (including phenoxy) is 1. The number of nitrogens with two attached hydrogens (primary N) is 1. The van der Waals surface area contributed by atoms with Crippen LogP contribution in [0, 0.1) is 63.7 Å². The molecule has 2 aliphatic carbocycles. The van der Waals surface area contributed by atoms with Crippen molar-refractivity contribution in [2.24, 2.45) is 5.14 Å². The Bertz CT molecular complexity index is 915. The predicted molar refractivity (Wildman–Crippen MR) is 104 cm³/mol. The van der Waals surface area contributed by atoms with Crippen LogP contribution in [-0.4, -0.2) is 29.4 Å². The first kappa shape index (κ1) is 24.5. The molecule has 1 aromatic heterocycles. The van der Waals surface area contributed by atoms with Gasteiger partial charge >= 0.3 is 23.0 Å². The van der Waals surface area contributed by atoms with Crippen molar-refractivity contribution in [3.63, 3.8) is 0 Å². The van der Waals surface area contributed by atoms with E-state index in [9.17, 15) is 13.2 Å². The zero-order chi connectivity index (χ0) is 20.7. The molecule has 2 aromatic rings. The Balaban J connectivity index is 0.000000468. The number of carbonyl (C=O) groups excluding carboxylic acids is 1. The molecule has 30 heavy (non-hydrogen) atoms. The molecule has 0 aliphatic heterocycles. The molecule has 154 valence electrons. The summed E-state index contributed by atoms with van der Waals surface area (Å²) in [5.74, 6) is 0.00835. The first-order chi connectivity index (χ1) is 13.9. The first-order valence-electron chi connectivity index (χ1n) is 8.53. The number of aromatic nitrogens is 3. The number of nitrogens with zero attached hydrogens (tertiary/aromatic N) is 3. The standard InChI is InChI=1S/C15H13N4O4S.C5H5.Fe/c16-24(21,22)14-7-3-6-13(8-14)19-9-12(17-18-19)10-23-15(20)11-4-1-2-5-11;1-2-4-5-3-1;/h1-9H,10H2,(H2,16,21,22);1-5H;/q;;+2. The van der Waals surface area contributed by atoms with E-state index in [0.717, 1.165) is 0 Å². The van der Waals surface area contributed by atoms with Crippen LogP contribution in [0.1, 0.15) is 5.69 Å². The fourth-order valence-corrected chi connectivity index (χ4v) is 2.90. The van der Waals surface area contributed by atoms with Crippen molar-refractivity contribution in [1.29, 1.82) is 0 Å². The quantitative estimate of drug-likeness (QED) is 0.526. The monoisotopic (exact) mass is 466 g/mol. The smallest absolute Gasteiger partial charge is 0.459 e. The van der Waals surface area contributed by atoms with E-state index in [1.165, 1.54) is 16.8 Å². The van der Waals surface area contributed by atoms with Gasteiger partial charge in [0.2, 0.25) is 10.0 Å². The van der Waals surface area contributed by atoms with Crippen molar-refractivity contribution in [2.45, 2.75) is 11.5 Å². The molecule has 0 atom stereocenters. The minimum atomic E-state index is -3.80. The van der Waals surface area contributed by atoms with Gasteiger partial charge in [-0.2, -0.15) is 0 Å². The second-order valence-electron chi connectivity index (χ2n) is 5.91. The maximum absolute atomic E-state index is 11.8. The maximum Gasteiger partial charge on any atom is 2.00 e. The summed E-state index contributed by atoms with van der Waals surface area (Å²) in [5.41, 5.74) is 0.901. The van der Waals surface area contributed by atoms with E-state index in [2.05, 4.69) is 10.3 Å². The molecule has 0 saturated heterocycles. The fourth-order valence-electron chi connectivity index (χ4n) is 2.35. The summed E-state index contributed by atoms with van der Waals surface area (Å²) in [6, 6.07) is 5.97. The van der Waals surface area contributed by atoms with Gasteiger partial charge in [-0.25, -0.2) is 18.2 Å². The van der Waals surface area contributed by atoms with Gasteiger partial charge in [0, 0.05) is 0 Å². The summed E-state index contributed by atoms with van der Waals surface area (Å²) in [7, 11) is -3.80. The van der Waals surface area contributed by atoms with Gasteiger partial charge in [-0.15, -0.1) is 5.10 Å². The third-order valence-electron chi connectivity index (χ3n) is 3.76. The summed E-state index contributed by atoms with van der Waals surface area (Å²) in [4.78, 5) is 11.7. The molecule has 8 nitrogen and oxygen atoms in total. The number of primary sulfonamides is 1. The van der Waals surface area contributed by atoms with Crippen molar-refractivity contribution < 1.29 is 35.0 Å². The van der Waals surface area contributed by atoms with Gasteiger partial charge in [-0.3, -0.25) is 4.79 Å². The molecule has 10 heteroatoms. The zero-order valence-electron chi connectivity index (χ0n) is 15.6. The van der Waals surface area contributed by atoms with Crippen molar-refractivity contribution in [3.05, 3.63) is 99.9 Å². The molecule has 10 radical (unpaired) electrons. The number of carbonyl (C=O) groups is 1. The largest absolute Gasteiger partial charge is 2.00 e. The Kier molecular flexibility index (Phi) is 9.48. The van der Waals surface area contributed by atoms with Crippen molar-refractivity contribution >= 4 is 16.0 Å². The van der Waals surface area contributed by atoms with Crippen LogP contribution in [0.4, 0.5) is 0 Å². The minimum absolute atomic E-state index is 0.